The van der Waals surface area contributed by atoms with E-state index in [1.807, 2.05) is 0 Å². The number of carbonyl (C=O) groups excluding carboxylic acids is 4. The van der Waals surface area contributed by atoms with Gasteiger partial charge in [0.15, 0.2) is 0 Å². The summed E-state index contributed by atoms with van der Waals surface area (Å²) in [5, 5.41) is 28.4. The molecule has 42 heavy (non-hydrogen) atoms. The number of carboxylic acid groups (broad SMARTS) is 1. The predicted octanol–water partition coefficient (Wildman–Crippen LogP) is -1.02. The largest absolute Gasteiger partial charge is 0.617 e. The minimum atomic E-state index is -1.30. The lowest BCUT2D eigenvalue weighted by Crippen LogP contribution is -2.54. The quantitative estimate of drug-likeness (QED) is 0.113. The third-order valence-corrected chi connectivity index (χ3v) is 6.65. The molecule has 0 aliphatic rings. The van der Waals surface area contributed by atoms with E-state index < -0.39 is 72.0 Å². The molecule has 0 saturated carbocycles. The van der Waals surface area contributed by atoms with E-state index in [9.17, 15) is 38.7 Å². The zero-order valence-electron chi connectivity index (χ0n) is 22.9. The lowest BCUT2D eigenvalue weighted by Gasteiger charge is -2.22. The highest BCUT2D eigenvalue weighted by atomic mass is 35.5. The maximum absolute atomic E-state index is 12.9. The van der Waals surface area contributed by atoms with Crippen molar-refractivity contribution in [1.29, 1.82) is 0 Å². The second kappa shape index (κ2) is 18.6. The Labute approximate surface area is 252 Å². The fourth-order valence-corrected chi connectivity index (χ4v) is 4.20. The molecule has 0 heterocycles. The van der Waals surface area contributed by atoms with Gasteiger partial charge in [0, 0.05) is 12.8 Å². The van der Waals surface area contributed by atoms with E-state index in [-0.39, 0.29) is 43.2 Å². The molecule has 0 aliphatic carbocycles. The molecule has 2 aromatic rings. The van der Waals surface area contributed by atoms with Gasteiger partial charge in [0.25, 0.3) is 0 Å². The molecule has 0 saturated heterocycles. The minimum absolute atomic E-state index is 0. The molecular weight excluding hydrogens is 590 g/mol. The first-order chi connectivity index (χ1) is 19.4. The lowest BCUT2D eigenvalue weighted by atomic mass is 10.0. The van der Waals surface area contributed by atoms with Gasteiger partial charge >= 0.3 is 5.97 Å². The van der Waals surface area contributed by atoms with Gasteiger partial charge in [0.05, 0.1) is 25.4 Å². The molecule has 0 aliphatic heterocycles. The molecule has 15 heteroatoms. The van der Waals surface area contributed by atoms with Crippen molar-refractivity contribution in [1.82, 2.24) is 21.3 Å². The molecule has 2 rings (SSSR count). The van der Waals surface area contributed by atoms with Gasteiger partial charge in [-0.1, -0.05) is 53.6 Å². The maximum Gasteiger partial charge on any atom is 0.326 e. The van der Waals surface area contributed by atoms with Crippen LogP contribution in [0.3, 0.4) is 0 Å². The zero-order valence-corrected chi connectivity index (χ0v) is 24.5. The van der Waals surface area contributed by atoms with Gasteiger partial charge in [-0.3, -0.25) is 19.2 Å². The van der Waals surface area contributed by atoms with Crippen molar-refractivity contribution in [2.24, 2.45) is 5.73 Å². The summed E-state index contributed by atoms with van der Waals surface area (Å²) >= 11 is -1.26. The Morgan fingerprint density at radius 1 is 0.833 bits per heavy atom. The van der Waals surface area contributed by atoms with E-state index in [0.29, 0.717) is 5.56 Å². The Bertz CT molecular complexity index is 1190. The van der Waals surface area contributed by atoms with Crippen LogP contribution in [0.2, 0.25) is 0 Å². The topological polar surface area (TPSA) is 223 Å². The number of carboxylic acids is 1. The molecule has 0 spiro atoms. The maximum atomic E-state index is 12.9. The Balaban J connectivity index is 0.00000882. The molecule has 230 valence electrons. The summed E-state index contributed by atoms with van der Waals surface area (Å²) < 4.78 is 11.4. The Kier molecular flexibility index (Phi) is 16.0. The van der Waals surface area contributed by atoms with Crippen molar-refractivity contribution >= 4 is 53.2 Å². The second-order valence-corrected chi connectivity index (χ2v) is 10.8. The fourth-order valence-electron chi connectivity index (χ4n) is 3.64. The molecule has 0 aromatic heterocycles. The third-order valence-electron chi connectivity index (χ3n) is 5.84. The monoisotopic (exact) mass is 625 g/mol. The number of rotatable bonds is 16. The van der Waals surface area contributed by atoms with Gasteiger partial charge in [0.2, 0.25) is 23.6 Å². The van der Waals surface area contributed by atoms with Crippen molar-refractivity contribution in [2.45, 2.75) is 37.4 Å². The number of nitrogens with two attached hydrogens (primary N) is 1. The number of hydrogen-bond donors (Lipinski definition) is 7. The number of benzene rings is 2. The van der Waals surface area contributed by atoms with Gasteiger partial charge in [-0.2, -0.15) is 0 Å². The van der Waals surface area contributed by atoms with Crippen LogP contribution in [0, 0.1) is 0 Å². The molecule has 4 atom stereocenters. The van der Waals surface area contributed by atoms with Crippen molar-refractivity contribution in [3.05, 3.63) is 65.7 Å². The van der Waals surface area contributed by atoms with E-state index in [1.165, 1.54) is 18.4 Å². The van der Waals surface area contributed by atoms with Crippen LogP contribution in [0.15, 0.2) is 54.6 Å². The number of phenolic OH excluding ortho intramolecular Hbond substituents is 1. The highest BCUT2D eigenvalue weighted by molar-refractivity contribution is 7.90. The van der Waals surface area contributed by atoms with Crippen molar-refractivity contribution in [2.75, 3.05) is 25.1 Å². The normalized spacial score (nSPS) is 13.3. The molecule has 8 N–H and O–H groups in total. The second-order valence-electron chi connectivity index (χ2n) is 9.25. The predicted molar refractivity (Wildman–Crippen MR) is 158 cm³/mol. The highest BCUT2D eigenvalue weighted by Crippen LogP contribution is 2.11. The van der Waals surface area contributed by atoms with Crippen molar-refractivity contribution in [3.63, 3.8) is 0 Å². The molecule has 0 radical (unpaired) electrons. The van der Waals surface area contributed by atoms with Crippen LogP contribution in [0.5, 0.6) is 5.75 Å². The van der Waals surface area contributed by atoms with E-state index in [0.717, 1.165) is 5.56 Å². The van der Waals surface area contributed by atoms with Crippen LogP contribution in [0.25, 0.3) is 0 Å². The van der Waals surface area contributed by atoms with Gasteiger partial charge in [-0.25, -0.2) is 4.79 Å². The molecule has 2 aromatic carbocycles. The first-order valence-corrected chi connectivity index (χ1v) is 14.4. The van der Waals surface area contributed by atoms with Crippen LogP contribution < -0.4 is 27.0 Å². The highest BCUT2D eigenvalue weighted by Gasteiger charge is 2.27. The molecule has 1 unspecified atom stereocenters. The van der Waals surface area contributed by atoms with Crippen LogP contribution >= 0.6 is 12.4 Å². The Morgan fingerprint density at radius 3 is 2.02 bits per heavy atom. The van der Waals surface area contributed by atoms with E-state index in [2.05, 4.69) is 21.3 Å². The number of hydrogen-bond acceptors (Lipinski definition) is 8. The molecular formula is C27H36ClN5O8S. The van der Waals surface area contributed by atoms with Crippen LogP contribution in [0.4, 0.5) is 0 Å². The lowest BCUT2D eigenvalue weighted by molar-refractivity contribution is -0.142. The SMILES string of the molecule is C[S+]([O-])CC[C@H](NC(=O)[C@H](Cc1ccccc1)NC(=O)CNC(=O)CNC(=O)[C@@H](N)Cc1ccc(O)cc1)C(=O)O.Cl. The van der Waals surface area contributed by atoms with Crippen molar-refractivity contribution < 1.29 is 38.7 Å². The number of nitrogens with one attached hydrogen (secondary N) is 4. The average molecular weight is 626 g/mol. The Morgan fingerprint density at radius 2 is 1.43 bits per heavy atom. The summed E-state index contributed by atoms with van der Waals surface area (Å²) in [4.78, 5) is 61.5. The van der Waals surface area contributed by atoms with Crippen LogP contribution in [-0.4, -0.2) is 87.6 Å². The summed E-state index contributed by atoms with van der Waals surface area (Å²) in [6, 6.07) is 11.5. The number of amides is 4. The van der Waals surface area contributed by atoms with Gasteiger partial charge in [-0.15, -0.1) is 12.4 Å². The van der Waals surface area contributed by atoms with E-state index >= 15 is 0 Å². The van der Waals surface area contributed by atoms with Crippen LogP contribution in [0.1, 0.15) is 17.5 Å². The van der Waals surface area contributed by atoms with E-state index in [4.69, 9.17) is 5.73 Å². The molecule has 0 fully saturated rings. The number of halogens is 1. The van der Waals surface area contributed by atoms with Crippen LogP contribution in [-0.2, 0) is 48.0 Å². The standard InChI is InChI=1S/C27H35N5O8S.ClH/c1-41(40)12-11-21(27(38)39)32-26(37)22(14-17-5-3-2-4-6-17)31-24(35)16-29-23(34)15-30-25(36)20(28)13-18-7-9-19(33)10-8-18;/h2-10,20-22,33H,11-16,28H2,1H3,(H,29,34)(H,30,36)(H,31,35)(H,32,37)(H,38,39);1H/t20-,21-,22-,41?;/m0./s1. The van der Waals surface area contributed by atoms with Gasteiger partial charge in [-0.05, 0) is 29.7 Å². The number of phenols is 1. The summed E-state index contributed by atoms with van der Waals surface area (Å²) in [5.41, 5.74) is 7.29. The van der Waals surface area contributed by atoms with Crippen molar-refractivity contribution in [3.8, 4) is 5.75 Å². The summed E-state index contributed by atoms with van der Waals surface area (Å²) in [5.74, 6) is -3.88. The molecule has 4 amide bonds. The number of aliphatic carboxylic acids is 1. The fraction of sp³-hybridized carbons (Fsp3) is 0.370. The summed E-state index contributed by atoms with van der Waals surface area (Å²) in [7, 11) is 0. The average Bonchev–Trinajstić information content (AvgIpc) is 2.93. The first kappa shape index (κ1) is 36.2. The first-order valence-electron chi connectivity index (χ1n) is 12.7. The number of aromatic hydroxyl groups is 1. The minimum Gasteiger partial charge on any atom is -0.617 e. The number of carbonyl (C=O) groups is 5. The smallest absolute Gasteiger partial charge is 0.326 e. The summed E-state index contributed by atoms with van der Waals surface area (Å²) in [6.07, 6.45) is 1.59. The van der Waals surface area contributed by atoms with E-state index in [1.54, 1.807) is 42.5 Å². The van der Waals surface area contributed by atoms with Gasteiger partial charge in [0.1, 0.15) is 23.6 Å². The third kappa shape index (κ3) is 13.7. The Hall–Kier alpha value is -3.85. The summed E-state index contributed by atoms with van der Waals surface area (Å²) in [6.45, 7) is -0.952. The van der Waals surface area contributed by atoms with Gasteiger partial charge < -0.3 is 41.8 Å². The molecule has 13 nitrogen and oxygen atoms in total. The zero-order chi connectivity index (χ0) is 30.4. The molecule has 0 bridgehead atoms.